The van der Waals surface area contributed by atoms with Crippen LogP contribution >= 0.6 is 0 Å². The molecule has 1 heteroatoms. The Balaban J connectivity index is 2.47. The third-order valence-electron chi connectivity index (χ3n) is 2.25. The first kappa shape index (κ1) is 7.53. The van der Waals surface area contributed by atoms with E-state index in [9.17, 15) is 4.39 Å². The lowest BCUT2D eigenvalue weighted by molar-refractivity contribution is 0.620. The third-order valence-corrected chi connectivity index (χ3v) is 2.25. The highest BCUT2D eigenvalue weighted by Gasteiger charge is 2.09. The summed E-state index contributed by atoms with van der Waals surface area (Å²) in [5, 5.41) is 0. The van der Waals surface area contributed by atoms with E-state index in [0.717, 1.165) is 17.5 Å². The fourth-order valence-corrected chi connectivity index (χ4v) is 1.60. The second kappa shape index (κ2) is 2.74. The SMILES string of the molecule is CC1C=Cc2ccc(F)cc2C1. The molecule has 1 atom stereocenters. The molecule has 1 aliphatic rings. The van der Waals surface area contributed by atoms with Crippen molar-refractivity contribution in [3.8, 4) is 0 Å². The van der Waals surface area contributed by atoms with Crippen molar-refractivity contribution in [1.29, 1.82) is 0 Å². The van der Waals surface area contributed by atoms with Gasteiger partial charge in [-0.15, -0.1) is 0 Å². The fraction of sp³-hybridized carbons (Fsp3) is 0.273. The van der Waals surface area contributed by atoms with Crippen molar-refractivity contribution in [2.24, 2.45) is 5.92 Å². The van der Waals surface area contributed by atoms with Gasteiger partial charge in [-0.2, -0.15) is 0 Å². The Morgan fingerprint density at radius 2 is 2.25 bits per heavy atom. The molecule has 1 unspecified atom stereocenters. The summed E-state index contributed by atoms with van der Waals surface area (Å²) in [5.74, 6) is 0.413. The van der Waals surface area contributed by atoms with Crippen LogP contribution in [0.5, 0.6) is 0 Å². The molecule has 0 nitrogen and oxygen atoms in total. The van der Waals surface area contributed by atoms with Crippen molar-refractivity contribution < 1.29 is 4.39 Å². The zero-order valence-electron chi connectivity index (χ0n) is 7.05. The molecule has 0 radical (unpaired) electrons. The fourth-order valence-electron chi connectivity index (χ4n) is 1.60. The Hall–Kier alpha value is -1.11. The summed E-state index contributed by atoms with van der Waals surface area (Å²) in [4.78, 5) is 0. The molecule has 2 rings (SSSR count). The first-order valence-electron chi connectivity index (χ1n) is 4.22. The normalized spacial score (nSPS) is 20.7. The molecule has 0 saturated carbocycles. The summed E-state index contributed by atoms with van der Waals surface area (Å²) in [5.41, 5.74) is 2.29. The van der Waals surface area contributed by atoms with E-state index < -0.39 is 0 Å². The van der Waals surface area contributed by atoms with Crippen LogP contribution in [0.2, 0.25) is 0 Å². The summed E-state index contributed by atoms with van der Waals surface area (Å²) < 4.78 is 12.8. The van der Waals surface area contributed by atoms with Gasteiger partial charge in [0.2, 0.25) is 0 Å². The Kier molecular flexibility index (Phi) is 1.72. The molecule has 62 valence electrons. The van der Waals surface area contributed by atoms with E-state index in [1.165, 1.54) is 6.07 Å². The van der Waals surface area contributed by atoms with Gasteiger partial charge in [0.05, 0.1) is 0 Å². The zero-order valence-corrected chi connectivity index (χ0v) is 7.05. The smallest absolute Gasteiger partial charge is 0.123 e. The molecule has 0 aromatic heterocycles. The van der Waals surface area contributed by atoms with E-state index in [4.69, 9.17) is 0 Å². The van der Waals surface area contributed by atoms with Crippen LogP contribution in [-0.2, 0) is 6.42 Å². The van der Waals surface area contributed by atoms with Gasteiger partial charge in [0.15, 0.2) is 0 Å². The molecule has 0 amide bonds. The number of benzene rings is 1. The first-order valence-corrected chi connectivity index (χ1v) is 4.22. The lowest BCUT2D eigenvalue weighted by Crippen LogP contribution is -2.03. The van der Waals surface area contributed by atoms with Gasteiger partial charge in [0.25, 0.3) is 0 Å². The standard InChI is InChI=1S/C11H11F/c1-8-2-3-9-4-5-11(12)7-10(9)6-8/h2-5,7-8H,6H2,1H3. The van der Waals surface area contributed by atoms with E-state index in [2.05, 4.69) is 19.1 Å². The summed E-state index contributed by atoms with van der Waals surface area (Å²) >= 11 is 0. The van der Waals surface area contributed by atoms with Crippen LogP contribution in [-0.4, -0.2) is 0 Å². The Morgan fingerprint density at radius 3 is 3.08 bits per heavy atom. The summed E-state index contributed by atoms with van der Waals surface area (Å²) in [6.07, 6.45) is 5.20. The number of allylic oxidation sites excluding steroid dienone is 1. The predicted octanol–water partition coefficient (Wildman–Crippen LogP) is 3.03. The van der Waals surface area contributed by atoms with Crippen LogP contribution in [0.25, 0.3) is 6.08 Å². The number of rotatable bonds is 0. The third kappa shape index (κ3) is 1.27. The molecule has 0 bridgehead atoms. The Labute approximate surface area is 71.7 Å². The van der Waals surface area contributed by atoms with Crippen LogP contribution in [0.3, 0.4) is 0 Å². The molecule has 0 N–H and O–H groups in total. The van der Waals surface area contributed by atoms with E-state index in [0.29, 0.717) is 5.92 Å². The summed E-state index contributed by atoms with van der Waals surface area (Å²) in [6, 6.07) is 4.99. The van der Waals surface area contributed by atoms with Gasteiger partial charge in [0, 0.05) is 0 Å². The predicted molar refractivity (Wildman–Crippen MR) is 48.3 cm³/mol. The van der Waals surface area contributed by atoms with Gasteiger partial charge < -0.3 is 0 Å². The molecule has 1 aromatic rings. The first-order chi connectivity index (χ1) is 5.75. The number of halogens is 1. The maximum absolute atomic E-state index is 12.8. The highest BCUT2D eigenvalue weighted by molar-refractivity contribution is 5.56. The minimum Gasteiger partial charge on any atom is -0.207 e. The number of fused-ring (bicyclic) bond motifs is 1. The van der Waals surface area contributed by atoms with Gasteiger partial charge in [-0.25, -0.2) is 4.39 Å². The molecule has 0 saturated heterocycles. The highest BCUT2D eigenvalue weighted by atomic mass is 19.1. The van der Waals surface area contributed by atoms with E-state index in [1.807, 2.05) is 6.07 Å². The molecular formula is C11H11F. The van der Waals surface area contributed by atoms with Crippen molar-refractivity contribution in [3.63, 3.8) is 0 Å². The van der Waals surface area contributed by atoms with Gasteiger partial charge in [0.1, 0.15) is 5.82 Å². The Bertz CT molecular complexity index is 326. The average molecular weight is 162 g/mol. The molecule has 0 aliphatic heterocycles. The van der Waals surface area contributed by atoms with Crippen molar-refractivity contribution in [2.75, 3.05) is 0 Å². The van der Waals surface area contributed by atoms with Gasteiger partial charge in [-0.3, -0.25) is 0 Å². The van der Waals surface area contributed by atoms with Crippen molar-refractivity contribution >= 4 is 6.08 Å². The van der Waals surface area contributed by atoms with Crippen LogP contribution in [0.4, 0.5) is 4.39 Å². The van der Waals surface area contributed by atoms with E-state index in [-0.39, 0.29) is 5.82 Å². The monoisotopic (exact) mass is 162 g/mol. The quantitative estimate of drug-likeness (QED) is 0.550. The molecule has 1 aromatic carbocycles. The molecule has 12 heavy (non-hydrogen) atoms. The van der Waals surface area contributed by atoms with Crippen molar-refractivity contribution in [1.82, 2.24) is 0 Å². The molecular weight excluding hydrogens is 151 g/mol. The maximum Gasteiger partial charge on any atom is 0.123 e. The number of hydrogen-bond donors (Lipinski definition) is 0. The molecule has 1 aliphatic carbocycles. The van der Waals surface area contributed by atoms with Crippen molar-refractivity contribution in [2.45, 2.75) is 13.3 Å². The molecule has 0 spiro atoms. The van der Waals surface area contributed by atoms with E-state index in [1.54, 1.807) is 6.07 Å². The topological polar surface area (TPSA) is 0 Å². The summed E-state index contributed by atoms with van der Waals surface area (Å²) in [7, 11) is 0. The Morgan fingerprint density at radius 1 is 1.42 bits per heavy atom. The van der Waals surface area contributed by atoms with Crippen LogP contribution < -0.4 is 0 Å². The maximum atomic E-state index is 12.8. The number of hydrogen-bond acceptors (Lipinski definition) is 0. The molecule has 0 fully saturated rings. The van der Waals surface area contributed by atoms with Gasteiger partial charge in [-0.1, -0.05) is 25.1 Å². The van der Waals surface area contributed by atoms with Crippen LogP contribution in [0.15, 0.2) is 24.3 Å². The largest absolute Gasteiger partial charge is 0.207 e. The van der Waals surface area contributed by atoms with Crippen molar-refractivity contribution in [3.05, 3.63) is 41.2 Å². The van der Waals surface area contributed by atoms with Crippen LogP contribution in [0, 0.1) is 11.7 Å². The van der Waals surface area contributed by atoms with Gasteiger partial charge >= 0.3 is 0 Å². The highest BCUT2D eigenvalue weighted by Crippen LogP contribution is 2.22. The van der Waals surface area contributed by atoms with E-state index >= 15 is 0 Å². The summed E-state index contributed by atoms with van der Waals surface area (Å²) in [6.45, 7) is 2.14. The second-order valence-corrected chi connectivity index (χ2v) is 3.38. The lowest BCUT2D eigenvalue weighted by Gasteiger charge is -2.14. The molecule has 0 heterocycles. The minimum atomic E-state index is -0.128. The second-order valence-electron chi connectivity index (χ2n) is 3.38. The average Bonchev–Trinajstić information content (AvgIpc) is 2.03. The van der Waals surface area contributed by atoms with Gasteiger partial charge in [-0.05, 0) is 35.6 Å². The lowest BCUT2D eigenvalue weighted by atomic mass is 9.91. The van der Waals surface area contributed by atoms with Crippen LogP contribution in [0.1, 0.15) is 18.1 Å². The minimum absolute atomic E-state index is 0.128. The zero-order chi connectivity index (χ0) is 8.55.